The van der Waals surface area contributed by atoms with Crippen molar-refractivity contribution in [2.45, 2.75) is 39.5 Å². The summed E-state index contributed by atoms with van der Waals surface area (Å²) in [7, 11) is 0. The van der Waals surface area contributed by atoms with E-state index in [2.05, 4.69) is 6.92 Å². The van der Waals surface area contributed by atoms with Gasteiger partial charge in [0, 0.05) is 30.0 Å². The third-order valence-corrected chi connectivity index (χ3v) is 4.73. The molecule has 0 radical (unpaired) electrons. The van der Waals surface area contributed by atoms with E-state index in [4.69, 9.17) is 0 Å². The Balaban J connectivity index is 1.99. The van der Waals surface area contributed by atoms with Crippen molar-refractivity contribution in [3.63, 3.8) is 0 Å². The number of hydrogen-bond donors (Lipinski definition) is 0. The average Bonchev–Trinajstić information content (AvgIpc) is 3.00. The molecule has 1 aromatic heterocycles. The van der Waals surface area contributed by atoms with Gasteiger partial charge in [-0.1, -0.05) is 31.5 Å². The molecule has 1 heterocycles. The van der Waals surface area contributed by atoms with E-state index in [1.54, 1.807) is 4.90 Å². The maximum Gasteiger partial charge on any atom is 0.227 e. The molecule has 0 saturated heterocycles. The van der Waals surface area contributed by atoms with Crippen LogP contribution in [-0.2, 0) is 4.79 Å². The molecule has 1 aromatic carbocycles. The van der Waals surface area contributed by atoms with Crippen molar-refractivity contribution in [2.24, 2.45) is 0 Å². The minimum absolute atomic E-state index is 0.0197. The molecule has 4 heteroatoms. The van der Waals surface area contributed by atoms with Gasteiger partial charge in [0.2, 0.25) is 5.91 Å². The molecule has 0 bridgehead atoms. The summed E-state index contributed by atoms with van der Waals surface area (Å²) in [6.45, 7) is 4.79. The molecular formula is C19H23NO2S. The summed E-state index contributed by atoms with van der Waals surface area (Å²) in [5.74, 6) is 0.0752. The van der Waals surface area contributed by atoms with Gasteiger partial charge in [-0.25, -0.2) is 0 Å². The molecule has 0 saturated carbocycles. The number of carbonyl (C=O) groups is 2. The number of unbranched alkanes of at least 4 members (excludes halogenated alkanes) is 1. The zero-order valence-corrected chi connectivity index (χ0v) is 14.6. The Morgan fingerprint density at radius 3 is 2.39 bits per heavy atom. The summed E-state index contributed by atoms with van der Waals surface area (Å²) in [6, 6.07) is 13.5. The van der Waals surface area contributed by atoms with Gasteiger partial charge in [0.1, 0.15) is 0 Å². The van der Waals surface area contributed by atoms with Crippen molar-refractivity contribution in [1.82, 2.24) is 0 Å². The molecule has 1 amide bonds. The van der Waals surface area contributed by atoms with E-state index in [0.717, 1.165) is 28.3 Å². The van der Waals surface area contributed by atoms with E-state index >= 15 is 0 Å². The molecule has 122 valence electrons. The van der Waals surface area contributed by atoms with Crippen molar-refractivity contribution >= 4 is 28.7 Å². The number of carbonyl (C=O) groups excluding carboxylic acids is 2. The average molecular weight is 329 g/mol. The van der Waals surface area contributed by atoms with Crippen molar-refractivity contribution in [1.29, 1.82) is 0 Å². The largest absolute Gasteiger partial charge is 0.312 e. The van der Waals surface area contributed by atoms with Crippen molar-refractivity contribution < 1.29 is 9.59 Å². The summed E-state index contributed by atoms with van der Waals surface area (Å²) < 4.78 is 0. The number of ketones is 1. The van der Waals surface area contributed by atoms with Crippen LogP contribution in [0.4, 0.5) is 5.69 Å². The fourth-order valence-electron chi connectivity index (χ4n) is 2.38. The number of thiophene rings is 1. The molecule has 0 aliphatic rings. The number of Topliss-reactive ketones (excluding diaryl/α,β-unsaturated/α-hetero) is 1. The molecule has 0 unspecified atom stereocenters. The number of aryl methyl sites for hydroxylation is 1. The number of para-hydroxylation sites is 1. The molecular weight excluding hydrogens is 306 g/mol. The van der Waals surface area contributed by atoms with Gasteiger partial charge in [0.05, 0.1) is 4.88 Å². The number of hydrogen-bond acceptors (Lipinski definition) is 3. The highest BCUT2D eigenvalue weighted by atomic mass is 32.1. The summed E-state index contributed by atoms with van der Waals surface area (Å²) >= 11 is 1.49. The summed E-state index contributed by atoms with van der Waals surface area (Å²) in [5, 5.41) is 0. The predicted octanol–water partition coefficient (Wildman–Crippen LogP) is 4.85. The van der Waals surface area contributed by atoms with Gasteiger partial charge in [-0.05, 0) is 37.6 Å². The van der Waals surface area contributed by atoms with Crippen LogP contribution in [0.3, 0.4) is 0 Å². The van der Waals surface area contributed by atoms with E-state index in [9.17, 15) is 9.59 Å². The molecule has 2 rings (SSSR count). The monoisotopic (exact) mass is 329 g/mol. The van der Waals surface area contributed by atoms with Crippen LogP contribution in [0, 0.1) is 6.92 Å². The van der Waals surface area contributed by atoms with E-state index in [-0.39, 0.29) is 24.5 Å². The molecule has 2 aromatic rings. The highest BCUT2D eigenvalue weighted by Crippen LogP contribution is 2.19. The third-order valence-electron chi connectivity index (χ3n) is 3.69. The number of nitrogens with zero attached hydrogens (tertiary/aromatic N) is 1. The van der Waals surface area contributed by atoms with Gasteiger partial charge in [-0.3, -0.25) is 9.59 Å². The molecule has 0 aliphatic heterocycles. The SMILES string of the molecule is CCCCN(C(=O)CCC(=O)c1ccc(C)s1)c1ccccc1. The molecule has 0 aliphatic carbocycles. The van der Waals surface area contributed by atoms with Gasteiger partial charge in [-0.15, -0.1) is 11.3 Å². The molecule has 0 atom stereocenters. The van der Waals surface area contributed by atoms with E-state index in [1.807, 2.05) is 49.4 Å². The van der Waals surface area contributed by atoms with Gasteiger partial charge < -0.3 is 4.90 Å². The quantitative estimate of drug-likeness (QED) is 0.649. The van der Waals surface area contributed by atoms with Gasteiger partial charge in [-0.2, -0.15) is 0 Å². The second-order valence-corrected chi connectivity index (χ2v) is 6.86. The number of benzene rings is 1. The second-order valence-electron chi connectivity index (χ2n) is 5.57. The van der Waals surface area contributed by atoms with Crippen LogP contribution in [0.5, 0.6) is 0 Å². The third kappa shape index (κ3) is 5.03. The lowest BCUT2D eigenvalue weighted by atomic mass is 10.1. The van der Waals surface area contributed by atoms with E-state index in [1.165, 1.54) is 11.3 Å². The van der Waals surface area contributed by atoms with E-state index in [0.29, 0.717) is 6.54 Å². The minimum atomic E-state index is 0.0197. The van der Waals surface area contributed by atoms with Crippen LogP contribution in [0.15, 0.2) is 42.5 Å². The maximum atomic E-state index is 12.6. The Kier molecular flexibility index (Phi) is 6.53. The zero-order chi connectivity index (χ0) is 16.7. The standard InChI is InChI=1S/C19H23NO2S/c1-3-4-14-20(16-8-6-5-7-9-16)19(22)13-11-17(21)18-12-10-15(2)23-18/h5-10,12H,3-4,11,13-14H2,1-2H3. The lowest BCUT2D eigenvalue weighted by Gasteiger charge is -2.22. The fraction of sp³-hybridized carbons (Fsp3) is 0.368. The Labute approximate surface area is 141 Å². The molecule has 23 heavy (non-hydrogen) atoms. The minimum Gasteiger partial charge on any atom is -0.312 e. The predicted molar refractivity (Wildman–Crippen MR) is 96.3 cm³/mol. The highest BCUT2D eigenvalue weighted by molar-refractivity contribution is 7.14. The summed E-state index contributed by atoms with van der Waals surface area (Å²) in [5.41, 5.74) is 0.908. The van der Waals surface area contributed by atoms with Gasteiger partial charge in [0.25, 0.3) is 0 Å². The zero-order valence-electron chi connectivity index (χ0n) is 13.7. The second kappa shape index (κ2) is 8.63. The van der Waals surface area contributed by atoms with Crippen LogP contribution >= 0.6 is 11.3 Å². The Bertz CT molecular complexity index is 648. The molecule has 0 N–H and O–H groups in total. The van der Waals surface area contributed by atoms with Crippen LogP contribution in [0.25, 0.3) is 0 Å². The van der Waals surface area contributed by atoms with Crippen molar-refractivity contribution in [3.8, 4) is 0 Å². The first-order valence-electron chi connectivity index (χ1n) is 8.07. The molecule has 3 nitrogen and oxygen atoms in total. The Morgan fingerprint density at radius 1 is 1.04 bits per heavy atom. The normalized spacial score (nSPS) is 10.5. The first-order valence-corrected chi connectivity index (χ1v) is 8.88. The van der Waals surface area contributed by atoms with Crippen LogP contribution in [0.1, 0.15) is 47.2 Å². The molecule has 0 spiro atoms. The van der Waals surface area contributed by atoms with Crippen LogP contribution in [0.2, 0.25) is 0 Å². The first-order chi connectivity index (χ1) is 11.1. The number of anilines is 1. The highest BCUT2D eigenvalue weighted by Gasteiger charge is 2.17. The summed E-state index contributed by atoms with van der Waals surface area (Å²) in [4.78, 5) is 28.4. The maximum absolute atomic E-state index is 12.6. The lowest BCUT2D eigenvalue weighted by Crippen LogP contribution is -2.32. The lowest BCUT2D eigenvalue weighted by molar-refractivity contribution is -0.118. The smallest absolute Gasteiger partial charge is 0.227 e. The topological polar surface area (TPSA) is 37.4 Å². The first kappa shape index (κ1) is 17.4. The number of amides is 1. The fourth-order valence-corrected chi connectivity index (χ4v) is 3.22. The summed E-state index contributed by atoms with van der Waals surface area (Å²) in [6.07, 6.45) is 2.52. The molecule has 0 fully saturated rings. The van der Waals surface area contributed by atoms with Gasteiger partial charge in [0.15, 0.2) is 5.78 Å². The van der Waals surface area contributed by atoms with Crippen LogP contribution < -0.4 is 4.90 Å². The van der Waals surface area contributed by atoms with Crippen molar-refractivity contribution in [3.05, 3.63) is 52.2 Å². The van der Waals surface area contributed by atoms with E-state index < -0.39 is 0 Å². The Hall–Kier alpha value is -1.94. The Morgan fingerprint density at radius 2 is 1.78 bits per heavy atom. The van der Waals surface area contributed by atoms with Crippen LogP contribution in [-0.4, -0.2) is 18.2 Å². The number of rotatable bonds is 8. The van der Waals surface area contributed by atoms with Gasteiger partial charge >= 0.3 is 0 Å². The van der Waals surface area contributed by atoms with Crippen molar-refractivity contribution in [2.75, 3.05) is 11.4 Å².